The van der Waals surface area contributed by atoms with E-state index in [1.807, 2.05) is 57.5 Å². The highest BCUT2D eigenvalue weighted by molar-refractivity contribution is 8.00. The largest absolute Gasteiger partial charge is 0.331 e. The van der Waals surface area contributed by atoms with Gasteiger partial charge in [0.25, 0.3) is 0 Å². The Balaban J connectivity index is 1.86. The summed E-state index contributed by atoms with van der Waals surface area (Å²) in [6.45, 7) is 6.81. The minimum atomic E-state index is -0.685. The minimum absolute atomic E-state index is 0.0248. The lowest BCUT2D eigenvalue weighted by molar-refractivity contribution is -0.141. The van der Waals surface area contributed by atoms with E-state index < -0.39 is 10.8 Å². The second-order valence-corrected chi connectivity index (χ2v) is 12.7. The number of aromatic nitrogens is 2. The number of hydrogen-bond donors (Lipinski definition) is 3. The number of thioether (sulfide) groups is 1. The number of likely N-dealkylation sites (N-methyl/N-ethyl adjacent to an activating group) is 2. The van der Waals surface area contributed by atoms with Crippen LogP contribution in [0.2, 0.25) is 0 Å². The summed E-state index contributed by atoms with van der Waals surface area (Å²) in [7, 11) is 3.70. The van der Waals surface area contributed by atoms with E-state index in [2.05, 4.69) is 32.5 Å². The van der Waals surface area contributed by atoms with Crippen LogP contribution in [0, 0.1) is 5.92 Å². The van der Waals surface area contributed by atoms with Crippen molar-refractivity contribution >= 4 is 40.1 Å². The molecule has 1 aliphatic carbocycles. The Bertz CT molecular complexity index is 1010. The molecule has 37 heavy (non-hydrogen) atoms. The van der Waals surface area contributed by atoms with Gasteiger partial charge in [-0.15, -0.1) is 5.10 Å². The van der Waals surface area contributed by atoms with Gasteiger partial charge in [0.2, 0.25) is 11.8 Å². The van der Waals surface area contributed by atoms with Crippen LogP contribution in [0.1, 0.15) is 52.9 Å². The average Bonchev–Trinajstić information content (AvgIpc) is 3.37. The van der Waals surface area contributed by atoms with Gasteiger partial charge in [-0.3, -0.25) is 9.59 Å². The van der Waals surface area contributed by atoms with Crippen LogP contribution in [0.5, 0.6) is 0 Å². The Kier molecular flexibility index (Phi) is 10.9. The first-order valence-corrected chi connectivity index (χ1v) is 15.1. The molecule has 10 heteroatoms. The second kappa shape index (κ2) is 13.7. The third-order valence-electron chi connectivity index (χ3n) is 7.46. The van der Waals surface area contributed by atoms with Crippen molar-refractivity contribution in [2.24, 2.45) is 5.92 Å². The molecule has 0 unspecified atom stereocenters. The van der Waals surface area contributed by atoms with Crippen LogP contribution in [0.4, 0.5) is 5.00 Å². The number of benzene rings is 1. The standard InChI is InChI=1S/C27H42N6O2S2/c1-18(28-4)17-29-22(20-15-11-8-12-16-20)26(35)33(5)23(27(2,3)36-6)24(34)30-25-21(31-32-37-25)19-13-9-7-10-14-19/h7,9-10,13-14,18,20,22-23,28-29H,8,11-12,15-17H2,1-6H3,(H,30,34)/t18-,22-,23+/m0/s1. The number of carbonyl (C=O) groups is 2. The fourth-order valence-corrected chi connectivity index (χ4v) is 6.07. The summed E-state index contributed by atoms with van der Waals surface area (Å²) < 4.78 is 3.57. The van der Waals surface area contributed by atoms with E-state index in [4.69, 9.17) is 0 Å². The quantitative estimate of drug-likeness (QED) is 0.366. The topological polar surface area (TPSA) is 99.2 Å². The van der Waals surface area contributed by atoms with Gasteiger partial charge >= 0.3 is 0 Å². The molecule has 0 bridgehead atoms. The molecule has 0 spiro atoms. The number of nitrogens with zero attached hydrogens (tertiary/aromatic N) is 3. The zero-order chi connectivity index (χ0) is 27.0. The summed E-state index contributed by atoms with van der Waals surface area (Å²) in [5.74, 6) is 0.0110. The van der Waals surface area contributed by atoms with Crippen LogP contribution in [0.25, 0.3) is 11.3 Å². The van der Waals surface area contributed by atoms with Crippen molar-refractivity contribution in [3.8, 4) is 11.3 Å². The Morgan fingerprint density at radius 2 is 1.86 bits per heavy atom. The molecule has 3 rings (SSSR count). The molecule has 0 aliphatic heterocycles. The maximum Gasteiger partial charge on any atom is 0.249 e. The van der Waals surface area contributed by atoms with Crippen molar-refractivity contribution in [2.75, 3.05) is 32.2 Å². The van der Waals surface area contributed by atoms with Gasteiger partial charge in [0, 0.05) is 41.5 Å². The summed E-state index contributed by atoms with van der Waals surface area (Å²) in [6, 6.07) is 8.91. The molecule has 204 valence electrons. The van der Waals surface area contributed by atoms with Crippen LogP contribution in [-0.2, 0) is 9.59 Å². The molecule has 1 aromatic carbocycles. The Morgan fingerprint density at radius 3 is 2.49 bits per heavy atom. The van der Waals surface area contributed by atoms with E-state index in [0.717, 1.165) is 42.8 Å². The highest BCUT2D eigenvalue weighted by atomic mass is 32.2. The molecule has 3 N–H and O–H groups in total. The Morgan fingerprint density at radius 1 is 1.19 bits per heavy atom. The maximum atomic E-state index is 14.1. The highest BCUT2D eigenvalue weighted by Crippen LogP contribution is 2.34. The van der Waals surface area contributed by atoms with Crippen molar-refractivity contribution in [1.82, 2.24) is 25.1 Å². The molecule has 3 atom stereocenters. The molecule has 8 nitrogen and oxygen atoms in total. The molecule has 1 aromatic heterocycles. The first-order valence-electron chi connectivity index (χ1n) is 13.1. The van der Waals surface area contributed by atoms with Crippen LogP contribution in [0.15, 0.2) is 30.3 Å². The van der Waals surface area contributed by atoms with E-state index in [9.17, 15) is 9.59 Å². The van der Waals surface area contributed by atoms with Crippen LogP contribution < -0.4 is 16.0 Å². The van der Waals surface area contributed by atoms with Gasteiger partial charge in [0.1, 0.15) is 16.7 Å². The van der Waals surface area contributed by atoms with Gasteiger partial charge in [0.05, 0.1) is 6.04 Å². The third kappa shape index (κ3) is 7.52. The molecule has 1 saturated carbocycles. The molecule has 0 saturated heterocycles. The molecular formula is C27H42N6O2S2. The van der Waals surface area contributed by atoms with Crippen LogP contribution >= 0.6 is 23.3 Å². The number of nitrogens with one attached hydrogen (secondary N) is 3. The molecule has 1 aliphatic rings. The van der Waals surface area contributed by atoms with Crippen molar-refractivity contribution < 1.29 is 9.59 Å². The predicted molar refractivity (Wildman–Crippen MR) is 155 cm³/mol. The van der Waals surface area contributed by atoms with E-state index in [-0.39, 0.29) is 29.8 Å². The first kappa shape index (κ1) is 29.5. The van der Waals surface area contributed by atoms with E-state index in [1.165, 1.54) is 6.42 Å². The normalized spacial score (nSPS) is 17.1. The number of anilines is 1. The summed E-state index contributed by atoms with van der Waals surface area (Å²) in [5.41, 5.74) is 1.52. The fourth-order valence-electron chi connectivity index (χ4n) is 4.98. The fraction of sp³-hybridized carbons (Fsp3) is 0.630. The van der Waals surface area contributed by atoms with Gasteiger partial charge in [0.15, 0.2) is 0 Å². The summed E-state index contributed by atoms with van der Waals surface area (Å²) in [4.78, 5) is 29.6. The lowest BCUT2D eigenvalue weighted by Crippen LogP contribution is -2.60. The summed E-state index contributed by atoms with van der Waals surface area (Å²) in [5, 5.41) is 14.7. The second-order valence-electron chi connectivity index (χ2n) is 10.4. The maximum absolute atomic E-state index is 14.1. The molecule has 0 radical (unpaired) electrons. The van der Waals surface area contributed by atoms with Crippen molar-refractivity contribution in [3.63, 3.8) is 0 Å². The lowest BCUT2D eigenvalue weighted by atomic mass is 9.83. The van der Waals surface area contributed by atoms with Crippen molar-refractivity contribution in [3.05, 3.63) is 30.3 Å². The van der Waals surface area contributed by atoms with Crippen molar-refractivity contribution in [2.45, 2.75) is 75.7 Å². The number of amides is 2. The van der Waals surface area contributed by atoms with Gasteiger partial charge < -0.3 is 20.9 Å². The average molecular weight is 547 g/mol. The van der Waals surface area contributed by atoms with Crippen LogP contribution in [0.3, 0.4) is 0 Å². The highest BCUT2D eigenvalue weighted by Gasteiger charge is 2.43. The smallest absolute Gasteiger partial charge is 0.249 e. The summed E-state index contributed by atoms with van der Waals surface area (Å²) >= 11 is 2.73. The molecular weight excluding hydrogens is 504 g/mol. The number of rotatable bonds is 12. The molecule has 1 heterocycles. The van der Waals surface area contributed by atoms with E-state index >= 15 is 0 Å². The van der Waals surface area contributed by atoms with Crippen molar-refractivity contribution in [1.29, 1.82) is 0 Å². The van der Waals surface area contributed by atoms with E-state index in [0.29, 0.717) is 17.2 Å². The number of carbonyl (C=O) groups excluding carboxylic acids is 2. The van der Waals surface area contributed by atoms with E-state index in [1.54, 1.807) is 23.7 Å². The molecule has 2 amide bonds. The zero-order valence-electron chi connectivity index (χ0n) is 22.9. The van der Waals surface area contributed by atoms with Crippen LogP contribution in [-0.4, -0.2) is 76.1 Å². The Hall–Kier alpha value is -2.01. The minimum Gasteiger partial charge on any atom is -0.331 e. The Labute approximate surface area is 229 Å². The third-order valence-corrected chi connectivity index (χ3v) is 9.38. The SMILES string of the molecule is CN[C@@H](C)CN[C@H](C(=O)N(C)[C@H](C(=O)Nc1snnc1-c1ccccc1)C(C)(C)SC)C1CCCCC1. The molecule has 1 fully saturated rings. The number of hydrogen-bond acceptors (Lipinski definition) is 8. The van der Waals surface area contributed by atoms with Gasteiger partial charge in [-0.2, -0.15) is 11.8 Å². The lowest BCUT2D eigenvalue weighted by Gasteiger charge is -2.41. The monoisotopic (exact) mass is 546 g/mol. The van der Waals surface area contributed by atoms with Gasteiger partial charge in [-0.1, -0.05) is 54.1 Å². The first-order chi connectivity index (χ1) is 17.7. The zero-order valence-corrected chi connectivity index (χ0v) is 24.5. The van der Waals surface area contributed by atoms with Gasteiger partial charge in [-0.25, -0.2) is 0 Å². The molecule has 2 aromatic rings. The summed E-state index contributed by atoms with van der Waals surface area (Å²) in [6.07, 6.45) is 7.54. The predicted octanol–water partition coefficient (Wildman–Crippen LogP) is 4.26. The van der Waals surface area contributed by atoms with Gasteiger partial charge in [-0.05, 0) is 52.8 Å².